The average molecular weight is 425 g/mol. The first kappa shape index (κ1) is 20.1. The standard InChI is InChI=1S/C22H11F4N3O2/c23-13-8-14(21(30)18-7-11-2-1-5-27-19(11)10-28-18)20(26)17(9-13)29-22(31)12-3-4-15(24)16(25)6-12/h1-10H,(H,29,31). The highest BCUT2D eigenvalue weighted by atomic mass is 19.2. The Hall–Kier alpha value is -4.14. The van der Waals surface area contributed by atoms with Gasteiger partial charge in [-0.15, -0.1) is 0 Å². The summed E-state index contributed by atoms with van der Waals surface area (Å²) in [5.41, 5.74) is -1.25. The number of hydrogen-bond acceptors (Lipinski definition) is 4. The lowest BCUT2D eigenvalue weighted by molar-refractivity contribution is 0.101. The molecular weight excluding hydrogens is 414 g/mol. The summed E-state index contributed by atoms with van der Waals surface area (Å²) in [7, 11) is 0. The summed E-state index contributed by atoms with van der Waals surface area (Å²) >= 11 is 0. The van der Waals surface area contributed by atoms with E-state index in [2.05, 4.69) is 15.3 Å². The molecule has 0 unspecified atom stereocenters. The predicted octanol–water partition coefficient (Wildman–Crippen LogP) is 4.67. The molecule has 154 valence electrons. The molecule has 1 amide bonds. The first-order valence-electron chi connectivity index (χ1n) is 8.84. The lowest BCUT2D eigenvalue weighted by Gasteiger charge is -2.10. The normalized spacial score (nSPS) is 10.8. The number of anilines is 1. The van der Waals surface area contributed by atoms with E-state index >= 15 is 0 Å². The Morgan fingerprint density at radius 3 is 2.45 bits per heavy atom. The van der Waals surface area contributed by atoms with Crippen LogP contribution in [0.15, 0.2) is 60.9 Å². The maximum atomic E-state index is 14.9. The third kappa shape index (κ3) is 3.97. The minimum Gasteiger partial charge on any atom is -0.319 e. The second-order valence-electron chi connectivity index (χ2n) is 6.49. The van der Waals surface area contributed by atoms with E-state index in [-0.39, 0.29) is 11.3 Å². The Morgan fingerprint density at radius 2 is 1.68 bits per heavy atom. The molecule has 9 heteroatoms. The van der Waals surface area contributed by atoms with Crippen LogP contribution in [0, 0.1) is 23.3 Å². The number of benzene rings is 2. The topological polar surface area (TPSA) is 72.0 Å². The fourth-order valence-corrected chi connectivity index (χ4v) is 2.91. The second-order valence-corrected chi connectivity index (χ2v) is 6.49. The highest BCUT2D eigenvalue weighted by Crippen LogP contribution is 2.24. The van der Waals surface area contributed by atoms with E-state index in [1.807, 2.05) is 0 Å². The highest BCUT2D eigenvalue weighted by molar-refractivity contribution is 6.10. The van der Waals surface area contributed by atoms with Gasteiger partial charge >= 0.3 is 0 Å². The molecule has 2 heterocycles. The Kier molecular flexibility index (Phi) is 5.16. The van der Waals surface area contributed by atoms with Crippen molar-refractivity contribution in [2.75, 3.05) is 5.32 Å². The molecular formula is C22H11F4N3O2. The number of rotatable bonds is 4. The minimum absolute atomic E-state index is 0.150. The number of aromatic nitrogens is 2. The molecule has 0 saturated carbocycles. The van der Waals surface area contributed by atoms with Crippen LogP contribution < -0.4 is 5.32 Å². The van der Waals surface area contributed by atoms with Gasteiger partial charge in [0.2, 0.25) is 5.78 Å². The molecule has 1 N–H and O–H groups in total. The molecule has 0 spiro atoms. The van der Waals surface area contributed by atoms with E-state index < -0.39 is 46.2 Å². The maximum Gasteiger partial charge on any atom is 0.255 e. The number of nitrogens with one attached hydrogen (secondary N) is 1. The molecule has 0 saturated heterocycles. The third-order valence-corrected chi connectivity index (χ3v) is 4.43. The van der Waals surface area contributed by atoms with Crippen molar-refractivity contribution >= 4 is 28.3 Å². The number of hydrogen-bond donors (Lipinski definition) is 1. The van der Waals surface area contributed by atoms with E-state index in [4.69, 9.17) is 0 Å². The van der Waals surface area contributed by atoms with Gasteiger partial charge in [-0.25, -0.2) is 17.6 Å². The Labute approximate surface area is 172 Å². The van der Waals surface area contributed by atoms with Crippen molar-refractivity contribution in [1.82, 2.24) is 9.97 Å². The van der Waals surface area contributed by atoms with Gasteiger partial charge in [-0.2, -0.15) is 0 Å². The van der Waals surface area contributed by atoms with Crippen molar-refractivity contribution in [1.29, 1.82) is 0 Å². The lowest BCUT2D eigenvalue weighted by atomic mass is 10.0. The van der Waals surface area contributed by atoms with E-state index in [1.165, 1.54) is 12.3 Å². The number of fused-ring (bicyclic) bond motifs is 1. The van der Waals surface area contributed by atoms with Crippen molar-refractivity contribution in [2.24, 2.45) is 0 Å². The van der Waals surface area contributed by atoms with Gasteiger partial charge in [0.15, 0.2) is 17.5 Å². The number of carbonyl (C=O) groups excluding carboxylic acids is 2. The summed E-state index contributed by atoms with van der Waals surface area (Å²) in [6, 6.07) is 8.37. The number of nitrogens with zero attached hydrogens (tertiary/aromatic N) is 2. The summed E-state index contributed by atoms with van der Waals surface area (Å²) in [5.74, 6) is -6.56. The van der Waals surface area contributed by atoms with Crippen molar-refractivity contribution in [3.05, 3.63) is 101 Å². The van der Waals surface area contributed by atoms with Crippen LogP contribution in [0.25, 0.3) is 10.9 Å². The quantitative estimate of drug-likeness (QED) is 0.381. The first-order chi connectivity index (χ1) is 14.8. The molecule has 0 aliphatic rings. The van der Waals surface area contributed by atoms with Crippen LogP contribution in [0.1, 0.15) is 26.4 Å². The third-order valence-electron chi connectivity index (χ3n) is 4.43. The Bertz CT molecular complexity index is 1360. The van der Waals surface area contributed by atoms with Gasteiger partial charge in [-0.3, -0.25) is 19.6 Å². The average Bonchev–Trinajstić information content (AvgIpc) is 2.77. The zero-order valence-corrected chi connectivity index (χ0v) is 15.5. The number of carbonyl (C=O) groups is 2. The van der Waals surface area contributed by atoms with Crippen molar-refractivity contribution in [2.45, 2.75) is 0 Å². The Morgan fingerprint density at radius 1 is 0.871 bits per heavy atom. The molecule has 2 aromatic heterocycles. The van der Waals surface area contributed by atoms with Crippen molar-refractivity contribution in [3.63, 3.8) is 0 Å². The highest BCUT2D eigenvalue weighted by Gasteiger charge is 2.22. The second kappa shape index (κ2) is 7.94. The van der Waals surface area contributed by atoms with Gasteiger partial charge in [0.25, 0.3) is 5.91 Å². The molecule has 4 aromatic rings. The van der Waals surface area contributed by atoms with Gasteiger partial charge in [0, 0.05) is 23.2 Å². The van der Waals surface area contributed by atoms with Crippen LogP contribution in [0.5, 0.6) is 0 Å². The molecule has 5 nitrogen and oxygen atoms in total. The smallest absolute Gasteiger partial charge is 0.255 e. The molecule has 31 heavy (non-hydrogen) atoms. The van der Waals surface area contributed by atoms with Gasteiger partial charge in [0.05, 0.1) is 23.0 Å². The first-order valence-corrected chi connectivity index (χ1v) is 8.84. The molecule has 0 aliphatic heterocycles. The summed E-state index contributed by atoms with van der Waals surface area (Å²) in [5, 5.41) is 2.64. The molecule has 0 aliphatic carbocycles. The van der Waals surface area contributed by atoms with Crippen LogP contribution in [-0.4, -0.2) is 21.7 Å². The molecule has 2 aromatic carbocycles. The molecule has 0 radical (unpaired) electrons. The SMILES string of the molecule is O=C(Nc1cc(F)cc(C(=O)c2cc3cccnc3cn2)c1F)c1ccc(F)c(F)c1. The zero-order valence-electron chi connectivity index (χ0n) is 15.5. The lowest BCUT2D eigenvalue weighted by Crippen LogP contribution is -2.16. The monoisotopic (exact) mass is 425 g/mol. The molecule has 0 fully saturated rings. The summed E-state index contributed by atoms with van der Waals surface area (Å²) in [4.78, 5) is 33.0. The van der Waals surface area contributed by atoms with Crippen LogP contribution >= 0.6 is 0 Å². The summed E-state index contributed by atoms with van der Waals surface area (Å²) < 4.78 is 55.4. The van der Waals surface area contributed by atoms with Gasteiger partial charge in [0.1, 0.15) is 11.5 Å². The van der Waals surface area contributed by atoms with E-state index in [0.29, 0.717) is 29.1 Å². The number of ketones is 1. The zero-order chi connectivity index (χ0) is 22.1. The van der Waals surface area contributed by atoms with Crippen LogP contribution in [0.2, 0.25) is 0 Å². The van der Waals surface area contributed by atoms with Crippen molar-refractivity contribution < 1.29 is 27.2 Å². The van der Waals surface area contributed by atoms with E-state index in [9.17, 15) is 27.2 Å². The van der Waals surface area contributed by atoms with E-state index in [0.717, 1.165) is 12.1 Å². The summed E-state index contributed by atoms with van der Waals surface area (Å²) in [6.45, 7) is 0. The predicted molar refractivity (Wildman–Crippen MR) is 104 cm³/mol. The summed E-state index contributed by atoms with van der Waals surface area (Å²) in [6.07, 6.45) is 2.87. The fourth-order valence-electron chi connectivity index (χ4n) is 2.91. The number of halogens is 4. The fraction of sp³-hybridized carbons (Fsp3) is 0. The van der Waals surface area contributed by atoms with E-state index in [1.54, 1.807) is 18.3 Å². The minimum atomic E-state index is -1.28. The molecule has 4 rings (SSSR count). The Balaban J connectivity index is 1.68. The molecule has 0 atom stereocenters. The van der Waals surface area contributed by atoms with Gasteiger partial charge in [-0.05, 0) is 36.4 Å². The van der Waals surface area contributed by atoms with Crippen LogP contribution in [-0.2, 0) is 0 Å². The van der Waals surface area contributed by atoms with Crippen LogP contribution in [0.3, 0.4) is 0 Å². The number of amides is 1. The number of pyridine rings is 2. The van der Waals surface area contributed by atoms with Crippen molar-refractivity contribution in [3.8, 4) is 0 Å². The molecule has 0 bridgehead atoms. The van der Waals surface area contributed by atoms with Gasteiger partial charge < -0.3 is 5.32 Å². The van der Waals surface area contributed by atoms with Gasteiger partial charge in [-0.1, -0.05) is 6.07 Å². The van der Waals surface area contributed by atoms with Crippen LogP contribution in [0.4, 0.5) is 23.2 Å². The maximum absolute atomic E-state index is 14.9. The largest absolute Gasteiger partial charge is 0.319 e.